The Morgan fingerprint density at radius 3 is 2.56 bits per heavy atom. The highest BCUT2D eigenvalue weighted by Gasteiger charge is 2.37. The summed E-state index contributed by atoms with van der Waals surface area (Å²) >= 11 is 0. The topological polar surface area (TPSA) is 102 Å². The lowest BCUT2D eigenvalue weighted by Crippen LogP contribution is -2.31. The molecule has 1 amide bonds. The summed E-state index contributed by atoms with van der Waals surface area (Å²) in [6.07, 6.45) is 1.41. The minimum absolute atomic E-state index is 0.0238. The van der Waals surface area contributed by atoms with Crippen LogP contribution in [0.25, 0.3) is 28.3 Å². The van der Waals surface area contributed by atoms with E-state index in [1.165, 1.54) is 54.6 Å². The van der Waals surface area contributed by atoms with Crippen molar-refractivity contribution >= 4 is 34.6 Å². The van der Waals surface area contributed by atoms with Crippen molar-refractivity contribution in [3.05, 3.63) is 83.4 Å². The molecule has 4 aromatic rings. The Balaban J connectivity index is 1.34. The molecule has 0 aliphatic carbocycles. The van der Waals surface area contributed by atoms with Gasteiger partial charge in [-0.1, -0.05) is 0 Å². The van der Waals surface area contributed by atoms with Gasteiger partial charge < -0.3 is 15.1 Å². The lowest BCUT2D eigenvalue weighted by atomic mass is 10.0. The first-order valence-electron chi connectivity index (χ1n) is 12.9. The summed E-state index contributed by atoms with van der Waals surface area (Å²) < 4.78 is 61.7. The van der Waals surface area contributed by atoms with Crippen LogP contribution in [-0.4, -0.2) is 45.3 Å². The molecule has 2 N–H and O–H groups in total. The molecule has 3 aromatic heterocycles. The van der Waals surface area contributed by atoms with Crippen LogP contribution in [0.4, 0.5) is 23.4 Å². The van der Waals surface area contributed by atoms with Gasteiger partial charge in [0.1, 0.15) is 22.8 Å². The van der Waals surface area contributed by atoms with Crippen LogP contribution in [0.1, 0.15) is 47.0 Å². The van der Waals surface area contributed by atoms with E-state index in [1.807, 2.05) is 0 Å². The van der Waals surface area contributed by atoms with Crippen LogP contribution in [0.3, 0.4) is 0 Å². The van der Waals surface area contributed by atoms with Crippen molar-refractivity contribution in [2.24, 2.45) is 0 Å². The van der Waals surface area contributed by atoms with Crippen molar-refractivity contribution in [2.45, 2.75) is 38.0 Å². The molecule has 0 radical (unpaired) electrons. The smallest absolute Gasteiger partial charge is 0.420 e. The average Bonchev–Trinajstić information content (AvgIpc) is 3.52. The number of hydrogen-bond donors (Lipinski definition) is 1. The van der Waals surface area contributed by atoms with Gasteiger partial charge in [0.25, 0.3) is 5.91 Å². The van der Waals surface area contributed by atoms with E-state index in [0.29, 0.717) is 11.4 Å². The van der Waals surface area contributed by atoms with Gasteiger partial charge in [-0.2, -0.15) is 13.2 Å². The molecule has 1 aliphatic heterocycles. The number of carbonyl (C=O) groups excluding carboxylic acids is 2. The number of anilines is 1. The lowest BCUT2D eigenvalue weighted by Gasteiger charge is -2.17. The second kappa shape index (κ2) is 10.8. The number of ketones is 1. The predicted molar refractivity (Wildman–Crippen MR) is 145 cm³/mol. The standard InChI is InChI=1S/C30H26F4N4O3/c1-29(31)10-11-38(17-29)28(40)19-4-8-25(36-16-19)20-12-21-13-23(41-27(21)24(14-20)30(32,33)34)7-6-22(39)5-2-18-3-9-26(35)37-15-18/h2-5,8-9,12-16H,6-7,10-11,17H2,1H3,(H2,35,37)/b5-2+. The number of furan rings is 1. The highest BCUT2D eigenvalue weighted by molar-refractivity contribution is 5.95. The SMILES string of the molecule is CC1(F)CCN(C(=O)c2ccc(-c3cc(C(F)(F)F)c4oc(CCC(=O)/C=C/c5ccc(N)nc5)cc4c3)nc2)C1. The number of nitrogen functional groups attached to an aromatic ring is 1. The number of allylic oxidation sites excluding steroid dienone is 1. The van der Waals surface area contributed by atoms with Crippen molar-refractivity contribution in [1.29, 1.82) is 0 Å². The van der Waals surface area contributed by atoms with Gasteiger partial charge in [-0.15, -0.1) is 0 Å². The van der Waals surface area contributed by atoms with Gasteiger partial charge in [0.2, 0.25) is 0 Å². The Hall–Kier alpha value is -4.54. The minimum atomic E-state index is -4.71. The van der Waals surface area contributed by atoms with Gasteiger partial charge in [0, 0.05) is 49.2 Å². The van der Waals surface area contributed by atoms with E-state index in [-0.39, 0.29) is 77.6 Å². The largest absolute Gasteiger partial charge is 0.460 e. The molecule has 1 fully saturated rings. The summed E-state index contributed by atoms with van der Waals surface area (Å²) in [5, 5.41) is 0.210. The zero-order valence-corrected chi connectivity index (χ0v) is 22.0. The van der Waals surface area contributed by atoms with E-state index < -0.39 is 17.4 Å². The first-order chi connectivity index (χ1) is 19.4. The van der Waals surface area contributed by atoms with Gasteiger partial charge in [0.05, 0.1) is 23.4 Å². The van der Waals surface area contributed by atoms with E-state index >= 15 is 0 Å². The van der Waals surface area contributed by atoms with Gasteiger partial charge >= 0.3 is 6.18 Å². The van der Waals surface area contributed by atoms with Gasteiger partial charge in [0.15, 0.2) is 5.78 Å². The second-order valence-corrected chi connectivity index (χ2v) is 10.3. The summed E-state index contributed by atoms with van der Waals surface area (Å²) in [7, 11) is 0. The van der Waals surface area contributed by atoms with Crippen molar-refractivity contribution in [3.8, 4) is 11.3 Å². The normalized spacial score (nSPS) is 17.5. The molecule has 0 saturated carbocycles. The molecule has 41 heavy (non-hydrogen) atoms. The minimum Gasteiger partial charge on any atom is -0.460 e. The summed E-state index contributed by atoms with van der Waals surface area (Å²) in [5.41, 5.74) is 4.11. The fourth-order valence-corrected chi connectivity index (χ4v) is 4.69. The molecule has 1 atom stereocenters. The number of alkyl halides is 4. The van der Waals surface area contributed by atoms with Crippen LogP contribution in [0.15, 0.2) is 65.4 Å². The maximum Gasteiger partial charge on any atom is 0.420 e. The molecule has 7 nitrogen and oxygen atoms in total. The van der Waals surface area contributed by atoms with Gasteiger partial charge in [-0.3, -0.25) is 14.6 Å². The van der Waals surface area contributed by atoms with Crippen molar-refractivity contribution in [1.82, 2.24) is 14.9 Å². The number of fused-ring (bicyclic) bond motifs is 1. The lowest BCUT2D eigenvalue weighted by molar-refractivity contribution is -0.136. The molecular formula is C30H26F4N4O3. The Labute approximate surface area is 232 Å². The third-order valence-corrected chi connectivity index (χ3v) is 6.88. The van der Waals surface area contributed by atoms with E-state index in [4.69, 9.17) is 10.2 Å². The number of likely N-dealkylation sites (tertiary alicyclic amines) is 1. The molecule has 1 aromatic carbocycles. The first kappa shape index (κ1) is 28.0. The quantitative estimate of drug-likeness (QED) is 0.209. The highest BCUT2D eigenvalue weighted by Crippen LogP contribution is 2.39. The van der Waals surface area contributed by atoms with Crippen LogP contribution < -0.4 is 5.73 Å². The van der Waals surface area contributed by atoms with Gasteiger partial charge in [-0.05, 0) is 67.1 Å². The maximum absolute atomic E-state index is 14.1. The molecule has 212 valence electrons. The number of nitrogens with two attached hydrogens (primary N) is 1. The fraction of sp³-hybridized carbons (Fsp3) is 0.267. The van der Waals surface area contributed by atoms with Crippen LogP contribution in [-0.2, 0) is 17.4 Å². The maximum atomic E-state index is 14.1. The summed E-state index contributed by atoms with van der Waals surface area (Å²) in [4.78, 5) is 34.6. The fourth-order valence-electron chi connectivity index (χ4n) is 4.69. The molecule has 1 saturated heterocycles. The summed E-state index contributed by atoms with van der Waals surface area (Å²) in [6.45, 7) is 1.70. The number of nitrogens with zero attached hydrogens (tertiary/aromatic N) is 3. The third kappa shape index (κ3) is 6.45. The summed E-state index contributed by atoms with van der Waals surface area (Å²) in [6, 6.07) is 10.2. The number of hydrogen-bond acceptors (Lipinski definition) is 6. The number of aromatic nitrogens is 2. The predicted octanol–water partition coefficient (Wildman–Crippen LogP) is 6.28. The molecule has 1 aliphatic rings. The number of carbonyl (C=O) groups is 2. The molecule has 0 bridgehead atoms. The van der Waals surface area contributed by atoms with Crippen molar-refractivity contribution in [2.75, 3.05) is 18.8 Å². The van der Waals surface area contributed by atoms with Crippen LogP contribution in [0.5, 0.6) is 0 Å². The number of aryl methyl sites for hydroxylation is 1. The Morgan fingerprint density at radius 2 is 1.93 bits per heavy atom. The molecule has 4 heterocycles. The number of amides is 1. The number of rotatable bonds is 7. The Bertz CT molecular complexity index is 1620. The number of benzene rings is 1. The van der Waals surface area contributed by atoms with Crippen molar-refractivity contribution in [3.63, 3.8) is 0 Å². The Kier molecular flexibility index (Phi) is 7.37. The van der Waals surface area contributed by atoms with E-state index in [1.54, 1.807) is 18.2 Å². The van der Waals surface area contributed by atoms with E-state index in [0.717, 1.165) is 6.07 Å². The van der Waals surface area contributed by atoms with E-state index in [2.05, 4.69) is 9.97 Å². The summed E-state index contributed by atoms with van der Waals surface area (Å²) in [5.74, 6) is -0.0289. The zero-order chi connectivity index (χ0) is 29.4. The van der Waals surface area contributed by atoms with Crippen molar-refractivity contribution < 1.29 is 31.6 Å². The number of pyridine rings is 2. The molecule has 5 rings (SSSR count). The first-order valence-corrected chi connectivity index (χ1v) is 12.9. The average molecular weight is 567 g/mol. The number of halogens is 4. The van der Waals surface area contributed by atoms with Crippen LogP contribution >= 0.6 is 0 Å². The van der Waals surface area contributed by atoms with Crippen LogP contribution in [0.2, 0.25) is 0 Å². The zero-order valence-electron chi connectivity index (χ0n) is 22.0. The van der Waals surface area contributed by atoms with Crippen LogP contribution in [0, 0.1) is 0 Å². The monoisotopic (exact) mass is 566 g/mol. The molecule has 1 unspecified atom stereocenters. The van der Waals surface area contributed by atoms with Gasteiger partial charge in [-0.25, -0.2) is 9.37 Å². The molecular weight excluding hydrogens is 540 g/mol. The molecule has 0 spiro atoms. The third-order valence-electron chi connectivity index (χ3n) is 6.88. The second-order valence-electron chi connectivity index (χ2n) is 10.3. The van der Waals surface area contributed by atoms with E-state index in [9.17, 15) is 27.2 Å². The molecule has 11 heteroatoms. The Morgan fingerprint density at radius 1 is 1.12 bits per heavy atom. The highest BCUT2D eigenvalue weighted by atomic mass is 19.4.